The molecular formula is C23H25N9O13S2. The van der Waals surface area contributed by atoms with Gasteiger partial charge in [-0.05, 0) is 13.8 Å². The highest BCUT2D eigenvalue weighted by molar-refractivity contribution is 7.84. The van der Waals surface area contributed by atoms with E-state index in [1.54, 1.807) is 0 Å². The van der Waals surface area contributed by atoms with Crippen molar-refractivity contribution in [2.24, 2.45) is 5.16 Å². The predicted molar refractivity (Wildman–Crippen MR) is 155 cm³/mol. The van der Waals surface area contributed by atoms with Crippen LogP contribution in [0.2, 0.25) is 0 Å². The van der Waals surface area contributed by atoms with E-state index >= 15 is 0 Å². The number of pyridine rings is 1. The highest BCUT2D eigenvalue weighted by atomic mass is 32.2. The van der Waals surface area contributed by atoms with E-state index in [2.05, 4.69) is 31.2 Å². The molecule has 1 aliphatic rings. The van der Waals surface area contributed by atoms with E-state index in [9.17, 15) is 52.4 Å². The molecule has 1 saturated heterocycles. The lowest BCUT2D eigenvalue weighted by atomic mass is 9.98. The maximum atomic E-state index is 13.2. The number of carboxylic acid groups (broad SMARTS) is 1. The molecule has 3 aromatic heterocycles. The number of nitrogens with two attached hydrogens (primary N) is 1. The molecule has 24 heteroatoms. The summed E-state index contributed by atoms with van der Waals surface area (Å²) in [4.78, 5) is 70.2. The average molecular weight is 700 g/mol. The third-order valence-electron chi connectivity index (χ3n) is 6.29. The van der Waals surface area contributed by atoms with Gasteiger partial charge in [0.15, 0.2) is 22.4 Å². The second-order valence-electron chi connectivity index (χ2n) is 10.0. The molecule has 47 heavy (non-hydrogen) atoms. The third kappa shape index (κ3) is 7.56. The number of nitrogens with zero attached hydrogens (tertiary/aromatic N) is 5. The minimum absolute atomic E-state index is 0.00102. The molecule has 4 amide bonds. The Balaban J connectivity index is 1.43. The number of anilines is 1. The van der Waals surface area contributed by atoms with Crippen molar-refractivity contribution in [3.63, 3.8) is 0 Å². The molecule has 4 heterocycles. The first kappa shape index (κ1) is 34.1. The van der Waals surface area contributed by atoms with Crippen molar-refractivity contribution in [3.05, 3.63) is 45.4 Å². The smallest absolute Gasteiger partial charge is 0.362 e. The van der Waals surface area contributed by atoms with Gasteiger partial charge in [0, 0.05) is 24.1 Å². The maximum Gasteiger partial charge on any atom is 0.362 e. The molecule has 1 fully saturated rings. The van der Waals surface area contributed by atoms with Gasteiger partial charge in [0.2, 0.25) is 11.0 Å². The number of hydrogen-bond donors (Lipinski definition) is 8. The molecular weight excluding hydrogens is 674 g/mol. The largest absolute Gasteiger partial charge is 0.503 e. The Labute approximate surface area is 266 Å². The summed E-state index contributed by atoms with van der Waals surface area (Å²) in [6, 6.07) is -1.98. The molecule has 0 aliphatic carbocycles. The second-order valence-corrected chi connectivity index (χ2v) is 12.2. The number of urea groups is 1. The van der Waals surface area contributed by atoms with Crippen molar-refractivity contribution in [1.29, 1.82) is 0 Å². The topological polar surface area (TPSA) is 331 Å². The van der Waals surface area contributed by atoms with Gasteiger partial charge in [-0.25, -0.2) is 18.9 Å². The lowest BCUT2D eigenvalue weighted by Crippen LogP contribution is -2.74. The molecule has 0 saturated carbocycles. The number of hydrogen-bond acceptors (Lipinski definition) is 16. The van der Waals surface area contributed by atoms with Crippen LogP contribution in [0.25, 0.3) is 11.4 Å². The zero-order chi connectivity index (χ0) is 34.8. The zero-order valence-electron chi connectivity index (χ0n) is 24.0. The Kier molecular flexibility index (Phi) is 9.39. The molecule has 0 aromatic carbocycles. The number of aliphatic carboxylic acids is 1. The minimum atomic E-state index is -5.15. The summed E-state index contributed by atoms with van der Waals surface area (Å²) in [5.41, 5.74) is 1.96. The van der Waals surface area contributed by atoms with Gasteiger partial charge in [0.25, 0.3) is 11.8 Å². The Morgan fingerprint density at radius 3 is 2.55 bits per heavy atom. The van der Waals surface area contributed by atoms with Gasteiger partial charge in [-0.15, -0.1) is 11.3 Å². The zero-order valence-corrected chi connectivity index (χ0v) is 25.6. The number of nitrogen functional groups attached to an aromatic ring is 1. The van der Waals surface area contributed by atoms with Gasteiger partial charge in [-0.2, -0.15) is 13.1 Å². The molecule has 3 aromatic rings. The SMILES string of the molecule is CC(C)(ON=C(C(=O)N[C@@H]1C(=O)N(S(=O)(=O)O)[C@@H]1CNC(=O)NCc1cc(-c2cc(=O)c(O)cn2O)no1)c1csc(N)n1)C(=O)O. The first-order chi connectivity index (χ1) is 21.9. The van der Waals surface area contributed by atoms with E-state index in [0.29, 0.717) is 4.73 Å². The summed E-state index contributed by atoms with van der Waals surface area (Å²) in [6.07, 6.45) is 0.741. The van der Waals surface area contributed by atoms with E-state index in [-0.39, 0.29) is 38.8 Å². The van der Waals surface area contributed by atoms with Crippen molar-refractivity contribution in [2.45, 2.75) is 38.1 Å². The molecule has 0 unspecified atom stereocenters. The number of thiazole rings is 1. The molecule has 0 radical (unpaired) electrons. The summed E-state index contributed by atoms with van der Waals surface area (Å²) < 4.78 is 38.8. The van der Waals surface area contributed by atoms with Crippen LogP contribution in [0, 0.1) is 0 Å². The van der Waals surface area contributed by atoms with Crippen LogP contribution in [0.15, 0.2) is 38.2 Å². The van der Waals surface area contributed by atoms with E-state index < -0.39 is 75.2 Å². The van der Waals surface area contributed by atoms with Crippen LogP contribution >= 0.6 is 11.3 Å². The van der Waals surface area contributed by atoms with Crippen LogP contribution in [-0.4, -0.2) is 101 Å². The van der Waals surface area contributed by atoms with Gasteiger partial charge >= 0.3 is 22.3 Å². The van der Waals surface area contributed by atoms with Crippen LogP contribution in [0.3, 0.4) is 0 Å². The number of oxime groups is 1. The van der Waals surface area contributed by atoms with Crippen molar-refractivity contribution in [1.82, 2.24) is 35.1 Å². The van der Waals surface area contributed by atoms with Crippen LogP contribution in [0.5, 0.6) is 5.75 Å². The fourth-order valence-electron chi connectivity index (χ4n) is 3.82. The standard InChI is InChI=1S/C23H25N9O13S2/c1-23(2,20(37)38)45-30-16(11-8-46-21(24)27-11)18(35)28-17-13(32(19(17)36)47(41,42)43)6-26-22(39)25-5-9-3-10(29-44-9)12-4-14(33)15(34)7-31(12)40/h3-4,7-8,13,17,34,40H,5-6H2,1-2H3,(H2,24,27)(H,28,35)(H,37,38)(H2,25,26,39)(H,41,42,43)/t13-,17+/m1/s1. The summed E-state index contributed by atoms with van der Waals surface area (Å²) in [5, 5.41) is 43.9. The number of aromatic hydroxyl groups is 1. The van der Waals surface area contributed by atoms with Gasteiger partial charge < -0.3 is 46.5 Å². The number of β-lactam (4-membered cyclic amide) rings is 1. The Bertz CT molecular complexity index is 1930. The Morgan fingerprint density at radius 1 is 1.23 bits per heavy atom. The van der Waals surface area contributed by atoms with Crippen molar-refractivity contribution in [2.75, 3.05) is 12.3 Å². The van der Waals surface area contributed by atoms with Gasteiger partial charge in [0.05, 0.1) is 18.8 Å². The number of carbonyl (C=O) groups excluding carboxylic acids is 3. The van der Waals surface area contributed by atoms with Crippen molar-refractivity contribution < 1.29 is 56.9 Å². The first-order valence-electron chi connectivity index (χ1n) is 12.8. The highest BCUT2D eigenvalue weighted by Crippen LogP contribution is 2.24. The number of amides is 4. The molecule has 0 bridgehead atoms. The van der Waals surface area contributed by atoms with Crippen LogP contribution < -0.4 is 27.1 Å². The van der Waals surface area contributed by atoms with Gasteiger partial charge in [0.1, 0.15) is 23.1 Å². The fraction of sp³-hybridized carbons (Fsp3) is 0.304. The molecule has 252 valence electrons. The monoisotopic (exact) mass is 699 g/mol. The quantitative estimate of drug-likeness (QED) is 0.0335. The molecule has 9 N–H and O–H groups in total. The number of carboxylic acids is 1. The lowest BCUT2D eigenvalue weighted by Gasteiger charge is -2.44. The summed E-state index contributed by atoms with van der Waals surface area (Å²) >= 11 is 0.897. The lowest BCUT2D eigenvalue weighted by molar-refractivity contribution is -0.161. The van der Waals surface area contributed by atoms with E-state index in [1.165, 1.54) is 11.4 Å². The van der Waals surface area contributed by atoms with Crippen LogP contribution in [-0.2, 0) is 36.1 Å². The number of rotatable bonds is 12. The van der Waals surface area contributed by atoms with E-state index in [4.69, 9.17) is 15.1 Å². The third-order valence-corrected chi connectivity index (χ3v) is 7.91. The average Bonchev–Trinajstić information content (AvgIpc) is 3.62. The Hall–Kier alpha value is -5.75. The number of nitrogens with one attached hydrogen (secondary N) is 3. The minimum Gasteiger partial charge on any atom is -0.503 e. The molecule has 22 nitrogen and oxygen atoms in total. The normalized spacial score (nSPS) is 16.7. The van der Waals surface area contributed by atoms with Gasteiger partial charge in [-0.3, -0.25) is 18.9 Å². The van der Waals surface area contributed by atoms with Gasteiger partial charge in [-0.1, -0.05) is 10.3 Å². The molecule has 4 rings (SSSR count). The van der Waals surface area contributed by atoms with E-state index in [1.807, 2.05) is 0 Å². The van der Waals surface area contributed by atoms with Crippen LogP contribution in [0.4, 0.5) is 9.93 Å². The molecule has 1 aliphatic heterocycles. The summed E-state index contributed by atoms with van der Waals surface area (Å²) in [6.45, 7) is 1.33. The first-order valence-corrected chi connectivity index (χ1v) is 15.1. The number of aromatic nitrogens is 3. The van der Waals surface area contributed by atoms with E-state index in [0.717, 1.165) is 37.4 Å². The molecule has 2 atom stereocenters. The molecule has 0 spiro atoms. The van der Waals surface area contributed by atoms with Crippen LogP contribution in [0.1, 0.15) is 25.3 Å². The second kappa shape index (κ2) is 12.9. The highest BCUT2D eigenvalue weighted by Gasteiger charge is 2.54. The Morgan fingerprint density at radius 2 is 1.94 bits per heavy atom. The maximum absolute atomic E-state index is 13.2. The summed E-state index contributed by atoms with van der Waals surface area (Å²) in [5.74, 6) is -4.56. The van der Waals surface area contributed by atoms with Crippen molar-refractivity contribution in [3.8, 4) is 17.1 Å². The summed E-state index contributed by atoms with van der Waals surface area (Å²) in [7, 11) is -5.15. The number of carbonyl (C=O) groups is 4. The predicted octanol–water partition coefficient (Wildman–Crippen LogP) is -1.93. The van der Waals surface area contributed by atoms with Crippen molar-refractivity contribution >= 4 is 56.3 Å². The fourth-order valence-corrected chi connectivity index (χ4v) is 5.25.